The van der Waals surface area contributed by atoms with Crippen molar-refractivity contribution in [2.45, 2.75) is 38.3 Å². The highest BCUT2D eigenvalue weighted by molar-refractivity contribution is 6.00. The minimum atomic E-state index is -1.42. The smallest absolute Gasteiger partial charge is 0.329 e. The van der Waals surface area contributed by atoms with E-state index in [4.69, 9.17) is 9.72 Å². The second kappa shape index (κ2) is 8.42. The lowest BCUT2D eigenvalue weighted by Gasteiger charge is -2.35. The van der Waals surface area contributed by atoms with Crippen LogP contribution in [0.15, 0.2) is 35.5 Å². The Morgan fingerprint density at radius 2 is 1.80 bits per heavy atom. The van der Waals surface area contributed by atoms with E-state index in [1.807, 2.05) is 12.1 Å². The predicted molar refractivity (Wildman–Crippen MR) is 129 cm³/mol. The summed E-state index contributed by atoms with van der Waals surface area (Å²) < 4.78 is 8.41. The number of hydrogen-bond acceptors (Lipinski definition) is 8. The molecule has 0 aromatic carbocycles. The SMILES string of the molecule is COc1ncc(-c2ccc3ncc4c(c3n2)n(C2CCN(C(=O)C(C)(C)O)CC2)c(=O)n4C)cn1. The predicted octanol–water partition coefficient (Wildman–Crippen LogP) is 1.68. The first-order chi connectivity index (χ1) is 16.7. The summed E-state index contributed by atoms with van der Waals surface area (Å²) in [6, 6.07) is 3.87. The van der Waals surface area contributed by atoms with Crippen LogP contribution in [0, 0.1) is 0 Å². The number of pyridine rings is 2. The summed E-state index contributed by atoms with van der Waals surface area (Å²) in [5.41, 5.74) is 2.49. The number of piperidine rings is 1. The van der Waals surface area contributed by atoms with Gasteiger partial charge in [0.05, 0.1) is 35.6 Å². The molecule has 5 heterocycles. The number of rotatable bonds is 4. The molecule has 0 aliphatic carbocycles. The van der Waals surface area contributed by atoms with Gasteiger partial charge in [-0.3, -0.25) is 18.9 Å². The lowest BCUT2D eigenvalue weighted by Crippen LogP contribution is -2.49. The van der Waals surface area contributed by atoms with E-state index in [0.717, 1.165) is 0 Å². The van der Waals surface area contributed by atoms with Gasteiger partial charge in [-0.1, -0.05) is 0 Å². The maximum absolute atomic E-state index is 13.3. The minimum absolute atomic E-state index is 0.113. The van der Waals surface area contributed by atoms with Crippen LogP contribution >= 0.6 is 0 Å². The van der Waals surface area contributed by atoms with Gasteiger partial charge < -0.3 is 14.7 Å². The Hall–Kier alpha value is -3.86. The number of aliphatic hydroxyl groups is 1. The molecule has 35 heavy (non-hydrogen) atoms. The van der Waals surface area contributed by atoms with Gasteiger partial charge in [-0.05, 0) is 38.8 Å². The Bertz CT molecular complexity index is 1480. The number of nitrogens with zero attached hydrogens (tertiary/aromatic N) is 7. The van der Waals surface area contributed by atoms with Gasteiger partial charge in [0, 0.05) is 44.1 Å². The van der Waals surface area contributed by atoms with E-state index in [-0.39, 0.29) is 23.6 Å². The van der Waals surface area contributed by atoms with Crippen LogP contribution in [-0.4, -0.2) is 70.8 Å². The Balaban J connectivity index is 1.59. The molecule has 4 aromatic rings. The van der Waals surface area contributed by atoms with Gasteiger partial charge in [0.1, 0.15) is 11.1 Å². The van der Waals surface area contributed by atoms with Crippen LogP contribution in [0.5, 0.6) is 6.01 Å². The summed E-state index contributed by atoms with van der Waals surface area (Å²) in [7, 11) is 3.23. The molecular formula is C24H27N7O4. The topological polar surface area (TPSA) is 128 Å². The third kappa shape index (κ3) is 3.91. The first kappa shape index (κ1) is 22.9. The third-order valence-corrected chi connectivity index (χ3v) is 6.51. The molecule has 1 amide bonds. The molecule has 1 aliphatic heterocycles. The summed E-state index contributed by atoms with van der Waals surface area (Å²) >= 11 is 0. The monoisotopic (exact) mass is 477 g/mol. The molecule has 1 fully saturated rings. The summed E-state index contributed by atoms with van der Waals surface area (Å²) in [6.45, 7) is 3.90. The summed E-state index contributed by atoms with van der Waals surface area (Å²) in [5.74, 6) is -0.302. The molecule has 1 aliphatic rings. The minimum Gasteiger partial charge on any atom is -0.467 e. The number of imidazole rings is 1. The number of amides is 1. The molecule has 11 nitrogen and oxygen atoms in total. The van der Waals surface area contributed by atoms with Crippen molar-refractivity contribution in [3.8, 4) is 17.3 Å². The lowest BCUT2D eigenvalue weighted by molar-refractivity contribution is -0.149. The summed E-state index contributed by atoms with van der Waals surface area (Å²) in [5, 5.41) is 10.1. The number of aromatic nitrogens is 6. The van der Waals surface area contributed by atoms with Crippen molar-refractivity contribution in [1.29, 1.82) is 0 Å². The van der Waals surface area contributed by atoms with E-state index < -0.39 is 5.60 Å². The first-order valence-electron chi connectivity index (χ1n) is 11.4. The molecule has 0 saturated carbocycles. The van der Waals surface area contributed by atoms with E-state index in [2.05, 4.69) is 15.0 Å². The van der Waals surface area contributed by atoms with Crippen molar-refractivity contribution >= 4 is 28.0 Å². The summed E-state index contributed by atoms with van der Waals surface area (Å²) in [4.78, 5) is 45.2. The van der Waals surface area contributed by atoms with Gasteiger partial charge in [-0.15, -0.1) is 0 Å². The molecule has 11 heteroatoms. The third-order valence-electron chi connectivity index (χ3n) is 6.51. The molecule has 4 aromatic heterocycles. The largest absolute Gasteiger partial charge is 0.467 e. The van der Waals surface area contributed by atoms with Crippen LogP contribution in [0.2, 0.25) is 0 Å². The molecule has 5 rings (SSSR count). The molecule has 0 radical (unpaired) electrons. The van der Waals surface area contributed by atoms with Crippen LogP contribution in [0.25, 0.3) is 33.3 Å². The number of aryl methyl sites for hydroxylation is 1. The van der Waals surface area contributed by atoms with Gasteiger partial charge in [0.2, 0.25) is 0 Å². The van der Waals surface area contributed by atoms with Crippen molar-refractivity contribution in [3.05, 3.63) is 41.2 Å². The number of likely N-dealkylation sites (tertiary alicyclic amines) is 1. The summed E-state index contributed by atoms with van der Waals surface area (Å²) in [6.07, 6.45) is 6.16. The Labute approximate surface area is 201 Å². The van der Waals surface area contributed by atoms with Crippen LogP contribution in [0.3, 0.4) is 0 Å². The number of methoxy groups -OCH3 is 1. The number of carbonyl (C=O) groups excluding carboxylic acids is 1. The quantitative estimate of drug-likeness (QED) is 0.470. The fraction of sp³-hybridized carbons (Fsp3) is 0.417. The fourth-order valence-corrected chi connectivity index (χ4v) is 4.65. The zero-order valence-corrected chi connectivity index (χ0v) is 20.1. The number of ether oxygens (including phenoxy) is 1. The van der Waals surface area contributed by atoms with Gasteiger partial charge in [-0.2, -0.15) is 0 Å². The van der Waals surface area contributed by atoms with Crippen LogP contribution in [-0.2, 0) is 11.8 Å². The molecule has 1 N–H and O–H groups in total. The average molecular weight is 478 g/mol. The second-order valence-electron chi connectivity index (χ2n) is 9.31. The van der Waals surface area contributed by atoms with E-state index >= 15 is 0 Å². The highest BCUT2D eigenvalue weighted by atomic mass is 16.5. The molecule has 0 unspecified atom stereocenters. The first-order valence-corrected chi connectivity index (χ1v) is 11.4. The van der Waals surface area contributed by atoms with Gasteiger partial charge >= 0.3 is 11.7 Å². The fourth-order valence-electron chi connectivity index (χ4n) is 4.65. The standard InChI is InChI=1S/C24H27N7O4/c1-24(2,34)21(32)30-9-7-15(8-10-30)31-20-18(29(3)23(31)33)13-25-17-6-5-16(28-19(17)20)14-11-26-22(35-4)27-12-14/h5-6,11-13,15,34H,7-10H2,1-4H3. The van der Waals surface area contributed by atoms with E-state index in [1.54, 1.807) is 39.7 Å². The Kier molecular flexibility index (Phi) is 5.51. The van der Waals surface area contributed by atoms with E-state index in [0.29, 0.717) is 59.3 Å². The Morgan fingerprint density at radius 1 is 1.11 bits per heavy atom. The van der Waals surface area contributed by atoms with Crippen molar-refractivity contribution in [2.24, 2.45) is 7.05 Å². The molecule has 182 valence electrons. The van der Waals surface area contributed by atoms with Crippen LogP contribution in [0.1, 0.15) is 32.7 Å². The number of hydrogen-bond donors (Lipinski definition) is 1. The highest BCUT2D eigenvalue weighted by Crippen LogP contribution is 2.30. The van der Waals surface area contributed by atoms with E-state index in [9.17, 15) is 14.7 Å². The zero-order chi connectivity index (χ0) is 24.9. The lowest BCUT2D eigenvalue weighted by atomic mass is 10.0. The van der Waals surface area contributed by atoms with Crippen LogP contribution < -0.4 is 10.4 Å². The molecule has 0 atom stereocenters. The molecular weight excluding hydrogens is 450 g/mol. The Morgan fingerprint density at radius 3 is 2.43 bits per heavy atom. The number of fused-ring (bicyclic) bond motifs is 3. The van der Waals surface area contributed by atoms with Gasteiger partial charge in [0.25, 0.3) is 5.91 Å². The maximum Gasteiger partial charge on any atom is 0.329 e. The zero-order valence-electron chi connectivity index (χ0n) is 20.1. The van der Waals surface area contributed by atoms with Crippen molar-refractivity contribution in [1.82, 2.24) is 34.0 Å². The molecule has 1 saturated heterocycles. The van der Waals surface area contributed by atoms with Gasteiger partial charge in [0.15, 0.2) is 0 Å². The van der Waals surface area contributed by atoms with Crippen LogP contribution in [0.4, 0.5) is 0 Å². The number of carbonyl (C=O) groups is 1. The molecule has 0 spiro atoms. The molecule has 0 bridgehead atoms. The maximum atomic E-state index is 13.3. The second-order valence-corrected chi connectivity index (χ2v) is 9.31. The van der Waals surface area contributed by atoms with Crippen molar-refractivity contribution in [2.75, 3.05) is 20.2 Å². The highest BCUT2D eigenvalue weighted by Gasteiger charge is 2.33. The normalized spacial score (nSPS) is 15.2. The average Bonchev–Trinajstić information content (AvgIpc) is 3.13. The van der Waals surface area contributed by atoms with E-state index in [1.165, 1.54) is 21.0 Å². The van der Waals surface area contributed by atoms with Crippen molar-refractivity contribution in [3.63, 3.8) is 0 Å². The van der Waals surface area contributed by atoms with Gasteiger partial charge in [-0.25, -0.2) is 19.7 Å². The van der Waals surface area contributed by atoms with Crippen molar-refractivity contribution < 1.29 is 14.6 Å².